The molecule has 0 saturated carbocycles. The smallest absolute Gasteiger partial charge is 0.261 e. The number of alkyl halides is 1. The third-order valence-electron chi connectivity index (χ3n) is 5.12. The number of halogens is 3. The van der Waals surface area contributed by atoms with Crippen LogP contribution in [0.25, 0.3) is 0 Å². The Morgan fingerprint density at radius 2 is 1.69 bits per heavy atom. The SMILES string of the molecule is [2H]C([2H])(N1C(=O)c2ccccc2C1=O)C1(F)CCN(C(=O)c2ccc(F)c(Cl)c2)CC1. The predicted molar refractivity (Wildman–Crippen MR) is 102 cm³/mol. The van der Waals surface area contributed by atoms with E-state index in [1.807, 2.05) is 0 Å². The number of likely N-dealkylation sites (tertiary alicyclic amines) is 1. The average Bonchev–Trinajstić information content (AvgIpc) is 3.01. The fourth-order valence-corrected chi connectivity index (χ4v) is 3.66. The zero-order chi connectivity index (χ0) is 22.6. The van der Waals surface area contributed by atoms with Crippen molar-refractivity contribution in [2.45, 2.75) is 18.5 Å². The average molecular weight is 421 g/mol. The summed E-state index contributed by atoms with van der Waals surface area (Å²) in [5.74, 6) is -2.94. The number of hydrogen-bond donors (Lipinski definition) is 0. The number of nitrogens with zero attached hydrogens (tertiary/aromatic N) is 2. The number of imide groups is 1. The third-order valence-corrected chi connectivity index (χ3v) is 5.41. The zero-order valence-corrected chi connectivity index (χ0v) is 15.9. The van der Waals surface area contributed by atoms with Crippen molar-refractivity contribution in [3.63, 3.8) is 0 Å². The molecule has 8 heteroatoms. The molecule has 1 saturated heterocycles. The number of carbonyl (C=O) groups is 3. The zero-order valence-electron chi connectivity index (χ0n) is 17.1. The standard InChI is InChI=1S/C21H17ClF2N2O3/c22-16-11-13(5-6-17(16)23)18(27)25-9-7-21(24,8-10-25)12-26-19(28)14-3-1-2-4-15(14)20(26)29/h1-6,11H,7-10,12H2/i12D2. The lowest BCUT2D eigenvalue weighted by molar-refractivity contribution is 0.0215. The first-order valence-corrected chi connectivity index (χ1v) is 9.36. The van der Waals surface area contributed by atoms with Crippen molar-refractivity contribution in [3.8, 4) is 0 Å². The van der Waals surface area contributed by atoms with Gasteiger partial charge in [-0.2, -0.15) is 0 Å². The van der Waals surface area contributed by atoms with Gasteiger partial charge in [0, 0.05) is 31.5 Å². The summed E-state index contributed by atoms with van der Waals surface area (Å²) in [6, 6.07) is 9.37. The molecule has 5 nitrogen and oxygen atoms in total. The lowest BCUT2D eigenvalue weighted by Gasteiger charge is -2.38. The monoisotopic (exact) mass is 420 g/mol. The Kier molecular flexibility index (Phi) is 4.26. The molecule has 3 amide bonds. The Balaban J connectivity index is 1.52. The maximum Gasteiger partial charge on any atom is 0.261 e. The molecular formula is C21H17ClF2N2O3. The quantitative estimate of drug-likeness (QED) is 0.711. The second-order valence-corrected chi connectivity index (χ2v) is 7.40. The molecule has 0 bridgehead atoms. The molecule has 0 aromatic heterocycles. The van der Waals surface area contributed by atoms with Gasteiger partial charge in [0.15, 0.2) is 0 Å². The van der Waals surface area contributed by atoms with E-state index in [9.17, 15) is 18.8 Å². The summed E-state index contributed by atoms with van der Waals surface area (Å²) in [5, 5.41) is -0.218. The minimum Gasteiger partial charge on any atom is -0.338 e. The van der Waals surface area contributed by atoms with Crippen LogP contribution in [0, 0.1) is 5.82 Å². The Bertz CT molecular complexity index is 1070. The molecule has 2 aromatic rings. The van der Waals surface area contributed by atoms with Gasteiger partial charge >= 0.3 is 0 Å². The number of piperidine rings is 1. The Hall–Kier alpha value is -2.80. The second kappa shape index (κ2) is 7.22. The van der Waals surface area contributed by atoms with E-state index in [1.54, 1.807) is 12.1 Å². The fraction of sp³-hybridized carbons (Fsp3) is 0.286. The van der Waals surface area contributed by atoms with Crippen molar-refractivity contribution in [1.82, 2.24) is 9.80 Å². The van der Waals surface area contributed by atoms with Gasteiger partial charge in [0.1, 0.15) is 11.5 Å². The first kappa shape index (κ1) is 17.1. The lowest BCUT2D eigenvalue weighted by Crippen LogP contribution is -2.50. The van der Waals surface area contributed by atoms with Gasteiger partial charge in [-0.05, 0) is 30.3 Å². The minimum atomic E-state index is -2.91. The van der Waals surface area contributed by atoms with Gasteiger partial charge in [0.25, 0.3) is 17.7 Å². The summed E-state index contributed by atoms with van der Waals surface area (Å²) in [6.07, 6.45) is -0.845. The first-order chi connectivity index (χ1) is 14.6. The van der Waals surface area contributed by atoms with Crippen molar-refractivity contribution in [1.29, 1.82) is 0 Å². The topological polar surface area (TPSA) is 57.7 Å². The van der Waals surface area contributed by atoms with Gasteiger partial charge in [-0.1, -0.05) is 23.7 Å². The number of amides is 3. The highest BCUT2D eigenvalue weighted by molar-refractivity contribution is 6.31. The van der Waals surface area contributed by atoms with Crippen LogP contribution in [0.1, 0.15) is 46.7 Å². The Morgan fingerprint density at radius 3 is 2.24 bits per heavy atom. The maximum absolute atomic E-state index is 15.8. The molecular weight excluding hydrogens is 402 g/mol. The summed E-state index contributed by atoms with van der Waals surface area (Å²) in [6.45, 7) is -3.20. The van der Waals surface area contributed by atoms with Crippen LogP contribution in [0.4, 0.5) is 8.78 Å². The van der Waals surface area contributed by atoms with Gasteiger partial charge < -0.3 is 4.90 Å². The summed E-state index contributed by atoms with van der Waals surface area (Å²) in [4.78, 5) is 39.6. The minimum absolute atomic E-state index is 0.0285. The number of carbonyl (C=O) groups excluding carboxylic acids is 3. The molecule has 0 unspecified atom stereocenters. The molecule has 2 aromatic carbocycles. The number of rotatable bonds is 3. The summed E-state index contributed by atoms with van der Waals surface area (Å²) in [5.41, 5.74) is -2.36. The molecule has 0 radical (unpaired) electrons. The van der Waals surface area contributed by atoms with Crippen LogP contribution in [0.2, 0.25) is 5.02 Å². The van der Waals surface area contributed by atoms with Crippen molar-refractivity contribution in [2.75, 3.05) is 19.6 Å². The highest BCUT2D eigenvalue weighted by Crippen LogP contribution is 2.32. The lowest BCUT2D eigenvalue weighted by atomic mass is 9.92. The summed E-state index contributed by atoms with van der Waals surface area (Å²) < 4.78 is 45.8. The van der Waals surface area contributed by atoms with Crippen molar-refractivity contribution in [2.24, 2.45) is 0 Å². The number of fused-ring (bicyclic) bond motifs is 1. The molecule has 0 aliphatic carbocycles. The van der Waals surface area contributed by atoms with Gasteiger partial charge in [0.05, 0.1) is 25.4 Å². The molecule has 0 spiro atoms. The van der Waals surface area contributed by atoms with Crippen LogP contribution in [0.5, 0.6) is 0 Å². The Morgan fingerprint density at radius 1 is 1.10 bits per heavy atom. The normalized spacial score (nSPS) is 19.7. The molecule has 1 fully saturated rings. The van der Waals surface area contributed by atoms with Gasteiger partial charge in [-0.15, -0.1) is 0 Å². The van der Waals surface area contributed by atoms with Crippen molar-refractivity contribution < 1.29 is 25.9 Å². The van der Waals surface area contributed by atoms with E-state index in [0.717, 1.165) is 6.07 Å². The highest BCUT2D eigenvalue weighted by atomic mass is 35.5. The van der Waals surface area contributed by atoms with Gasteiger partial charge in [0.2, 0.25) is 0 Å². The molecule has 29 heavy (non-hydrogen) atoms. The predicted octanol–water partition coefficient (Wildman–Crippen LogP) is 3.72. The van der Waals surface area contributed by atoms with Crippen LogP contribution in [0.3, 0.4) is 0 Å². The third kappa shape index (κ3) is 3.51. The summed E-state index contributed by atoms with van der Waals surface area (Å²) in [7, 11) is 0. The Labute approximate surface area is 173 Å². The highest BCUT2D eigenvalue weighted by Gasteiger charge is 2.44. The van der Waals surface area contributed by atoms with Crippen LogP contribution < -0.4 is 0 Å². The van der Waals surface area contributed by atoms with E-state index < -0.39 is 48.5 Å². The van der Waals surface area contributed by atoms with Crippen LogP contribution in [-0.2, 0) is 0 Å². The first-order valence-electron chi connectivity index (χ1n) is 9.98. The van der Waals surface area contributed by atoms with Crippen molar-refractivity contribution in [3.05, 3.63) is 70.0 Å². The van der Waals surface area contributed by atoms with E-state index in [4.69, 9.17) is 14.3 Å². The largest absolute Gasteiger partial charge is 0.338 e. The van der Waals surface area contributed by atoms with E-state index in [2.05, 4.69) is 0 Å². The van der Waals surface area contributed by atoms with E-state index >= 15 is 4.39 Å². The molecule has 0 atom stereocenters. The molecule has 4 rings (SSSR count). The molecule has 150 valence electrons. The van der Waals surface area contributed by atoms with Crippen molar-refractivity contribution >= 4 is 29.3 Å². The molecule has 2 aliphatic rings. The van der Waals surface area contributed by atoms with Crippen LogP contribution in [-0.4, -0.2) is 52.8 Å². The molecule has 2 heterocycles. The van der Waals surface area contributed by atoms with Gasteiger partial charge in [-0.25, -0.2) is 8.78 Å². The molecule has 0 N–H and O–H groups in total. The van der Waals surface area contributed by atoms with Crippen LogP contribution in [0.15, 0.2) is 42.5 Å². The number of benzene rings is 2. The number of hydrogen-bond acceptors (Lipinski definition) is 3. The van der Waals surface area contributed by atoms with Crippen LogP contribution >= 0.6 is 11.6 Å². The van der Waals surface area contributed by atoms with E-state index in [0.29, 0.717) is 4.90 Å². The second-order valence-electron chi connectivity index (χ2n) is 6.99. The van der Waals surface area contributed by atoms with Gasteiger partial charge in [-0.3, -0.25) is 19.3 Å². The summed E-state index contributed by atoms with van der Waals surface area (Å²) >= 11 is 5.72. The fourth-order valence-electron chi connectivity index (χ4n) is 3.48. The van der Waals surface area contributed by atoms with E-state index in [-0.39, 0.29) is 34.8 Å². The maximum atomic E-state index is 15.8. The molecule has 2 aliphatic heterocycles. The van der Waals surface area contributed by atoms with E-state index in [1.165, 1.54) is 29.2 Å².